The number of aromatic nitrogens is 1. The second-order valence-electron chi connectivity index (χ2n) is 7.14. The normalized spacial score (nSPS) is 12.8. The van der Waals surface area contributed by atoms with E-state index in [1.54, 1.807) is 36.4 Å². The predicted molar refractivity (Wildman–Crippen MR) is 117 cm³/mol. The largest absolute Gasteiger partial charge is 0.293 e. The first-order valence-electron chi connectivity index (χ1n) is 9.70. The maximum absolute atomic E-state index is 13.5. The van der Waals surface area contributed by atoms with Crippen LogP contribution in [-0.2, 0) is 12.8 Å². The second-order valence-corrected chi connectivity index (χ2v) is 8.54. The van der Waals surface area contributed by atoms with Crippen molar-refractivity contribution in [1.82, 2.24) is 4.98 Å². The van der Waals surface area contributed by atoms with Gasteiger partial charge in [-0.25, -0.2) is 9.37 Å². The summed E-state index contributed by atoms with van der Waals surface area (Å²) < 4.78 is 13.5. The summed E-state index contributed by atoms with van der Waals surface area (Å²) in [6, 6.07) is 15.3. The van der Waals surface area contributed by atoms with Crippen LogP contribution in [0.2, 0.25) is 5.02 Å². The first-order chi connectivity index (χ1) is 14.6. The molecule has 3 nitrogen and oxygen atoms in total. The van der Waals surface area contributed by atoms with Crippen molar-refractivity contribution >= 4 is 29.1 Å². The Hall–Kier alpha value is -2.68. The Kier molecular flexibility index (Phi) is 6.17. The van der Waals surface area contributed by atoms with Gasteiger partial charge in [-0.15, -0.1) is 0 Å². The number of Topliss-reactive ketones (excluding diaryl/α,β-unsaturated/α-hetero) is 1. The van der Waals surface area contributed by atoms with E-state index in [-0.39, 0.29) is 17.4 Å². The molecule has 1 heterocycles. The molecule has 150 valence electrons. The molecule has 1 aromatic heterocycles. The van der Waals surface area contributed by atoms with Crippen LogP contribution < -0.4 is 0 Å². The average Bonchev–Trinajstić information content (AvgIpc) is 2.77. The van der Waals surface area contributed by atoms with Crippen molar-refractivity contribution in [3.8, 4) is 17.2 Å². The number of halogens is 2. The molecule has 30 heavy (non-hydrogen) atoms. The molecule has 0 atom stereocenters. The molecule has 0 N–H and O–H groups in total. The molecule has 4 rings (SSSR count). The predicted octanol–water partition coefficient (Wildman–Crippen LogP) is 6.27. The summed E-state index contributed by atoms with van der Waals surface area (Å²) in [5.41, 5.74) is 4.69. The van der Waals surface area contributed by atoms with Crippen LogP contribution in [0.25, 0.3) is 11.1 Å². The summed E-state index contributed by atoms with van der Waals surface area (Å²) in [7, 11) is 0. The first kappa shape index (κ1) is 20.6. The number of pyridine rings is 1. The Morgan fingerprint density at radius 1 is 1.10 bits per heavy atom. The molecule has 2 aromatic carbocycles. The van der Waals surface area contributed by atoms with E-state index >= 15 is 0 Å². The van der Waals surface area contributed by atoms with Gasteiger partial charge in [-0.2, -0.15) is 5.26 Å². The fourth-order valence-electron chi connectivity index (χ4n) is 3.71. The lowest BCUT2D eigenvalue weighted by Crippen LogP contribution is -2.11. The molecular weight excluding hydrogens is 419 g/mol. The standard InChI is InChI=1S/C24H18ClFN2OS/c25-17-9-5-15(6-10-17)22(29)14-30-24-20(13-27)23(16-7-11-18(26)12-8-16)19-3-1-2-4-21(19)28-24/h5-12H,1-4,14H2. The molecule has 0 spiro atoms. The number of thioether (sulfide) groups is 1. The third kappa shape index (κ3) is 4.26. The summed E-state index contributed by atoms with van der Waals surface area (Å²) in [6.07, 6.45) is 3.77. The maximum atomic E-state index is 13.5. The van der Waals surface area contributed by atoms with Crippen molar-refractivity contribution in [2.45, 2.75) is 30.7 Å². The number of benzene rings is 2. The molecule has 3 aromatic rings. The van der Waals surface area contributed by atoms with Gasteiger partial charge in [0, 0.05) is 21.8 Å². The minimum absolute atomic E-state index is 0.0524. The summed E-state index contributed by atoms with van der Waals surface area (Å²) >= 11 is 7.17. The number of ketones is 1. The van der Waals surface area contributed by atoms with Gasteiger partial charge in [0.1, 0.15) is 16.9 Å². The van der Waals surface area contributed by atoms with Crippen molar-refractivity contribution in [2.24, 2.45) is 0 Å². The van der Waals surface area contributed by atoms with Crippen LogP contribution in [0.3, 0.4) is 0 Å². The van der Waals surface area contributed by atoms with Gasteiger partial charge in [0.05, 0.1) is 11.3 Å². The zero-order chi connectivity index (χ0) is 21.1. The molecule has 0 fully saturated rings. The van der Waals surface area contributed by atoms with Gasteiger partial charge < -0.3 is 0 Å². The zero-order valence-electron chi connectivity index (χ0n) is 16.1. The molecule has 1 aliphatic carbocycles. The number of hydrogen-bond acceptors (Lipinski definition) is 4. The average molecular weight is 437 g/mol. The highest BCUT2D eigenvalue weighted by Crippen LogP contribution is 2.38. The maximum Gasteiger partial charge on any atom is 0.173 e. The lowest BCUT2D eigenvalue weighted by atomic mass is 9.87. The van der Waals surface area contributed by atoms with Gasteiger partial charge in [-0.3, -0.25) is 4.79 Å². The molecule has 0 amide bonds. The van der Waals surface area contributed by atoms with Crippen LogP contribution in [0.15, 0.2) is 53.6 Å². The van der Waals surface area contributed by atoms with Crippen molar-refractivity contribution in [1.29, 1.82) is 5.26 Å². The third-order valence-corrected chi connectivity index (χ3v) is 6.42. The van der Waals surface area contributed by atoms with E-state index in [2.05, 4.69) is 6.07 Å². The van der Waals surface area contributed by atoms with Crippen LogP contribution in [0.5, 0.6) is 0 Å². The molecule has 0 aliphatic heterocycles. The fourth-order valence-corrected chi connectivity index (χ4v) is 4.74. The Morgan fingerprint density at radius 3 is 2.50 bits per heavy atom. The van der Waals surface area contributed by atoms with Crippen LogP contribution in [0, 0.1) is 17.1 Å². The monoisotopic (exact) mass is 436 g/mol. The van der Waals surface area contributed by atoms with Crippen molar-refractivity contribution in [3.63, 3.8) is 0 Å². The molecule has 0 radical (unpaired) electrons. The number of rotatable bonds is 5. The number of nitriles is 1. The summed E-state index contributed by atoms with van der Waals surface area (Å²) in [6.45, 7) is 0. The minimum Gasteiger partial charge on any atom is -0.293 e. The Labute approximate surface area is 183 Å². The zero-order valence-corrected chi connectivity index (χ0v) is 17.7. The smallest absolute Gasteiger partial charge is 0.173 e. The van der Waals surface area contributed by atoms with E-state index in [1.165, 1.54) is 23.9 Å². The lowest BCUT2D eigenvalue weighted by Gasteiger charge is -2.22. The number of aryl methyl sites for hydroxylation is 1. The Balaban J connectivity index is 1.72. The number of carbonyl (C=O) groups excluding carboxylic acids is 1. The molecule has 1 aliphatic rings. The van der Waals surface area contributed by atoms with E-state index in [9.17, 15) is 14.4 Å². The molecule has 0 unspecified atom stereocenters. The molecule has 0 saturated carbocycles. The lowest BCUT2D eigenvalue weighted by molar-refractivity contribution is 0.102. The van der Waals surface area contributed by atoms with Gasteiger partial charge in [0.15, 0.2) is 5.78 Å². The molecular formula is C24H18ClFN2OS. The van der Waals surface area contributed by atoms with Crippen molar-refractivity contribution < 1.29 is 9.18 Å². The van der Waals surface area contributed by atoms with E-state index in [0.29, 0.717) is 21.2 Å². The van der Waals surface area contributed by atoms with E-state index < -0.39 is 0 Å². The number of hydrogen-bond donors (Lipinski definition) is 0. The first-order valence-corrected chi connectivity index (χ1v) is 11.1. The highest BCUT2D eigenvalue weighted by Gasteiger charge is 2.23. The summed E-state index contributed by atoms with van der Waals surface area (Å²) in [4.78, 5) is 17.4. The summed E-state index contributed by atoms with van der Waals surface area (Å²) in [5, 5.41) is 11.1. The van der Waals surface area contributed by atoms with Crippen molar-refractivity contribution in [2.75, 3.05) is 5.75 Å². The highest BCUT2D eigenvalue weighted by atomic mass is 35.5. The number of carbonyl (C=O) groups is 1. The second kappa shape index (κ2) is 8.99. The SMILES string of the molecule is N#Cc1c(SCC(=O)c2ccc(Cl)cc2)nc2c(c1-c1ccc(F)cc1)CCCC2. The number of fused-ring (bicyclic) bond motifs is 1. The van der Waals surface area contributed by atoms with Crippen LogP contribution in [0.1, 0.15) is 40.0 Å². The van der Waals surface area contributed by atoms with E-state index in [4.69, 9.17) is 16.6 Å². The minimum atomic E-state index is -0.316. The van der Waals surface area contributed by atoms with Crippen LogP contribution >= 0.6 is 23.4 Å². The highest BCUT2D eigenvalue weighted by molar-refractivity contribution is 8.00. The van der Waals surface area contributed by atoms with Gasteiger partial charge in [-0.05, 0) is 73.2 Å². The van der Waals surface area contributed by atoms with Gasteiger partial charge in [0.2, 0.25) is 0 Å². The van der Waals surface area contributed by atoms with Crippen molar-refractivity contribution in [3.05, 3.63) is 81.8 Å². The van der Waals surface area contributed by atoms with E-state index in [0.717, 1.165) is 48.1 Å². The Bertz CT molecular complexity index is 1140. The molecule has 0 bridgehead atoms. The van der Waals surface area contributed by atoms with Crippen LogP contribution in [-0.4, -0.2) is 16.5 Å². The van der Waals surface area contributed by atoms with Gasteiger partial charge in [-0.1, -0.05) is 35.5 Å². The third-order valence-electron chi connectivity index (χ3n) is 5.19. The number of nitrogens with zero attached hydrogens (tertiary/aromatic N) is 2. The quantitative estimate of drug-likeness (QED) is 0.349. The Morgan fingerprint density at radius 2 is 1.80 bits per heavy atom. The summed E-state index contributed by atoms with van der Waals surface area (Å²) in [5.74, 6) is -0.197. The van der Waals surface area contributed by atoms with E-state index in [1.807, 2.05) is 0 Å². The van der Waals surface area contributed by atoms with Gasteiger partial charge >= 0.3 is 0 Å². The van der Waals surface area contributed by atoms with Crippen LogP contribution in [0.4, 0.5) is 4.39 Å². The fraction of sp³-hybridized carbons (Fsp3) is 0.208. The topological polar surface area (TPSA) is 53.8 Å². The van der Waals surface area contributed by atoms with Gasteiger partial charge in [0.25, 0.3) is 0 Å². The molecule has 0 saturated heterocycles. The molecule has 6 heteroatoms.